The number of para-hydroxylation sites is 1. The van der Waals surface area contributed by atoms with Crippen LogP contribution < -0.4 is 5.32 Å². The molecule has 1 aliphatic heterocycles. The van der Waals surface area contributed by atoms with Gasteiger partial charge >= 0.3 is 0 Å². The van der Waals surface area contributed by atoms with E-state index >= 15 is 0 Å². The first-order chi connectivity index (χ1) is 12.7. The summed E-state index contributed by atoms with van der Waals surface area (Å²) in [6.07, 6.45) is 0.170. The van der Waals surface area contributed by atoms with Crippen molar-refractivity contribution < 1.29 is 14.0 Å². The number of anilines is 1. The van der Waals surface area contributed by atoms with E-state index in [4.69, 9.17) is 9.25 Å². The maximum absolute atomic E-state index is 12.6. The molecule has 0 spiro atoms. The summed E-state index contributed by atoms with van der Waals surface area (Å²) >= 11 is 0. The van der Waals surface area contributed by atoms with Crippen molar-refractivity contribution in [2.45, 2.75) is 19.4 Å². The van der Waals surface area contributed by atoms with E-state index in [0.717, 1.165) is 5.56 Å². The van der Waals surface area contributed by atoms with Crippen molar-refractivity contribution in [3.05, 3.63) is 66.1 Å². The van der Waals surface area contributed by atoms with Gasteiger partial charge in [0.1, 0.15) is 5.71 Å². The van der Waals surface area contributed by atoms with E-state index in [-0.39, 0.29) is 12.0 Å². The molecule has 0 bridgehead atoms. The number of carbonyl (C=O) groups excluding carboxylic acids is 1. The molecule has 7 heteroatoms. The van der Waals surface area contributed by atoms with Crippen LogP contribution in [-0.4, -0.2) is 21.8 Å². The first-order valence-electron chi connectivity index (χ1n) is 8.19. The maximum Gasteiger partial charge on any atom is 0.273 e. The zero-order chi connectivity index (χ0) is 17.9. The lowest BCUT2D eigenvalue weighted by Gasteiger charge is -2.09. The maximum atomic E-state index is 12.6. The number of hydrogen-bond donors (Lipinski definition) is 1. The highest BCUT2D eigenvalue weighted by Gasteiger charge is 2.27. The van der Waals surface area contributed by atoms with E-state index in [9.17, 15) is 4.79 Å². The lowest BCUT2D eigenvalue weighted by Crippen LogP contribution is -2.22. The average molecular weight is 348 g/mol. The molecule has 1 amide bonds. The summed E-state index contributed by atoms with van der Waals surface area (Å²) in [6, 6.07) is 16.9. The summed E-state index contributed by atoms with van der Waals surface area (Å²) < 4.78 is 5.46. The van der Waals surface area contributed by atoms with E-state index < -0.39 is 0 Å². The zero-order valence-electron chi connectivity index (χ0n) is 14.0. The number of nitrogens with zero attached hydrogens (tertiary/aromatic N) is 3. The number of carbonyl (C=O) groups is 1. The van der Waals surface area contributed by atoms with E-state index in [1.165, 1.54) is 0 Å². The first-order valence-corrected chi connectivity index (χ1v) is 8.19. The van der Waals surface area contributed by atoms with Gasteiger partial charge in [-0.3, -0.25) is 4.79 Å². The molecule has 1 N–H and O–H groups in total. The Morgan fingerprint density at radius 3 is 2.62 bits per heavy atom. The van der Waals surface area contributed by atoms with Crippen LogP contribution in [0.2, 0.25) is 0 Å². The van der Waals surface area contributed by atoms with Gasteiger partial charge in [0.2, 0.25) is 11.8 Å². The number of hydrogen-bond acceptors (Lipinski definition) is 6. The normalized spacial score (nSPS) is 16.0. The molecule has 2 heterocycles. The Labute approximate surface area is 149 Å². The Balaban J connectivity index is 1.50. The van der Waals surface area contributed by atoms with Gasteiger partial charge in [-0.1, -0.05) is 47.6 Å². The topological polar surface area (TPSA) is 89.6 Å². The molecule has 3 aromatic rings. The molecule has 7 nitrogen and oxygen atoms in total. The second kappa shape index (κ2) is 6.79. The van der Waals surface area contributed by atoms with Crippen LogP contribution in [0.5, 0.6) is 0 Å². The van der Waals surface area contributed by atoms with E-state index in [0.29, 0.717) is 35.2 Å². The van der Waals surface area contributed by atoms with Crippen LogP contribution in [0.25, 0.3) is 11.5 Å². The Morgan fingerprint density at radius 2 is 1.85 bits per heavy atom. The molecule has 130 valence electrons. The fraction of sp³-hybridized carbons (Fsp3) is 0.158. The highest BCUT2D eigenvalue weighted by Crippen LogP contribution is 2.29. The Kier molecular flexibility index (Phi) is 4.18. The smallest absolute Gasteiger partial charge is 0.273 e. The van der Waals surface area contributed by atoms with Gasteiger partial charge in [0.15, 0.2) is 6.10 Å². The second-order valence-corrected chi connectivity index (χ2v) is 5.87. The van der Waals surface area contributed by atoms with Crippen LogP contribution in [0.15, 0.2) is 64.2 Å². The van der Waals surface area contributed by atoms with Gasteiger partial charge in [-0.05, 0) is 17.7 Å². The molecule has 1 aliphatic rings. The largest absolute Gasteiger partial charge is 0.421 e. The van der Waals surface area contributed by atoms with Crippen molar-refractivity contribution in [1.82, 2.24) is 10.2 Å². The molecule has 1 aromatic heterocycles. The molecule has 1 atom stereocenters. The van der Waals surface area contributed by atoms with Crippen molar-refractivity contribution >= 4 is 17.3 Å². The van der Waals surface area contributed by atoms with Crippen molar-refractivity contribution in [1.29, 1.82) is 0 Å². The van der Waals surface area contributed by atoms with Crippen LogP contribution in [0.1, 0.15) is 24.0 Å². The van der Waals surface area contributed by atoms with E-state index in [2.05, 4.69) is 20.7 Å². The van der Waals surface area contributed by atoms with Crippen molar-refractivity contribution in [2.75, 3.05) is 5.32 Å². The van der Waals surface area contributed by atoms with Crippen molar-refractivity contribution in [3.63, 3.8) is 0 Å². The number of nitrogens with one attached hydrogen (secondary N) is 1. The standard InChI is InChI=1S/C19H16N4O3/c1-12-21-22-19(25-12)14-9-5-6-10-15(14)20-18(24)16-11-17(26-23-16)13-7-3-2-4-8-13/h2-10,17H,11H2,1H3,(H,20,24)/t17-/m0/s1. The van der Waals surface area contributed by atoms with Gasteiger partial charge in [-0.25, -0.2) is 0 Å². The number of rotatable bonds is 4. The lowest BCUT2D eigenvalue weighted by atomic mass is 10.0. The summed E-state index contributed by atoms with van der Waals surface area (Å²) in [5.41, 5.74) is 2.56. The van der Waals surface area contributed by atoms with Crippen LogP contribution in [0.4, 0.5) is 5.69 Å². The molecular weight excluding hydrogens is 332 g/mol. The molecule has 4 rings (SSSR count). The molecule has 0 radical (unpaired) electrons. The number of benzene rings is 2. The van der Waals surface area contributed by atoms with Crippen molar-refractivity contribution in [3.8, 4) is 11.5 Å². The molecule has 0 saturated carbocycles. The Bertz CT molecular complexity index is 966. The Hall–Kier alpha value is -3.48. The average Bonchev–Trinajstić information content (AvgIpc) is 3.32. The predicted molar refractivity (Wildman–Crippen MR) is 95.4 cm³/mol. The van der Waals surface area contributed by atoms with Crippen LogP contribution >= 0.6 is 0 Å². The highest BCUT2D eigenvalue weighted by atomic mass is 16.6. The number of aromatic nitrogens is 2. The van der Waals surface area contributed by atoms with Gasteiger partial charge in [-0.15, -0.1) is 10.2 Å². The summed E-state index contributed by atoms with van der Waals surface area (Å²) in [7, 11) is 0. The van der Waals surface area contributed by atoms with Gasteiger partial charge in [0.05, 0.1) is 11.3 Å². The summed E-state index contributed by atoms with van der Waals surface area (Å²) in [5.74, 6) is 0.498. The second-order valence-electron chi connectivity index (χ2n) is 5.87. The highest BCUT2D eigenvalue weighted by molar-refractivity contribution is 6.43. The fourth-order valence-corrected chi connectivity index (χ4v) is 2.74. The van der Waals surface area contributed by atoms with Crippen LogP contribution in [0, 0.1) is 6.92 Å². The minimum Gasteiger partial charge on any atom is -0.421 e. The van der Waals surface area contributed by atoms with Gasteiger partial charge < -0.3 is 14.6 Å². The molecule has 2 aromatic carbocycles. The third-order valence-electron chi connectivity index (χ3n) is 4.03. The minimum atomic E-state index is -0.313. The van der Waals surface area contributed by atoms with Gasteiger partial charge in [0, 0.05) is 13.3 Å². The van der Waals surface area contributed by atoms with Crippen LogP contribution in [0.3, 0.4) is 0 Å². The predicted octanol–water partition coefficient (Wildman–Crippen LogP) is 3.50. The molecule has 0 unspecified atom stereocenters. The Morgan fingerprint density at radius 1 is 1.08 bits per heavy atom. The van der Waals surface area contributed by atoms with Gasteiger partial charge in [-0.2, -0.15) is 0 Å². The number of oxime groups is 1. The molecule has 0 fully saturated rings. The molecule has 26 heavy (non-hydrogen) atoms. The van der Waals surface area contributed by atoms with E-state index in [1.807, 2.05) is 48.5 Å². The first kappa shape index (κ1) is 16.0. The number of amides is 1. The minimum absolute atomic E-state index is 0.245. The third-order valence-corrected chi connectivity index (χ3v) is 4.03. The summed E-state index contributed by atoms with van der Waals surface area (Å²) in [6.45, 7) is 1.71. The number of aryl methyl sites for hydroxylation is 1. The van der Waals surface area contributed by atoms with Gasteiger partial charge in [0.25, 0.3) is 5.91 Å². The van der Waals surface area contributed by atoms with E-state index in [1.54, 1.807) is 13.0 Å². The summed E-state index contributed by atoms with van der Waals surface area (Å²) in [5, 5.41) is 14.6. The fourth-order valence-electron chi connectivity index (χ4n) is 2.74. The van der Waals surface area contributed by atoms with Crippen molar-refractivity contribution in [2.24, 2.45) is 5.16 Å². The molecule has 0 saturated heterocycles. The zero-order valence-corrected chi connectivity index (χ0v) is 14.0. The third kappa shape index (κ3) is 3.19. The quantitative estimate of drug-likeness (QED) is 0.779. The summed E-state index contributed by atoms with van der Waals surface area (Å²) in [4.78, 5) is 18.0. The lowest BCUT2D eigenvalue weighted by molar-refractivity contribution is -0.110. The molecular formula is C19H16N4O3. The molecule has 0 aliphatic carbocycles. The monoisotopic (exact) mass is 348 g/mol. The SMILES string of the molecule is Cc1nnc(-c2ccccc2NC(=O)C2=NO[C@H](c3ccccc3)C2)o1. The van der Waals surface area contributed by atoms with Crippen LogP contribution in [-0.2, 0) is 9.63 Å².